The molecule has 2 nitrogen and oxygen atoms in total. The summed E-state index contributed by atoms with van der Waals surface area (Å²) in [6, 6.07) is 16.6. The molecule has 0 radical (unpaired) electrons. The Balaban J connectivity index is 2.13. The van der Waals surface area contributed by atoms with Crippen molar-refractivity contribution in [2.24, 2.45) is 0 Å². The van der Waals surface area contributed by atoms with Crippen LogP contribution in [0.25, 0.3) is 11.1 Å². The van der Waals surface area contributed by atoms with Gasteiger partial charge < -0.3 is 4.90 Å². The van der Waals surface area contributed by atoms with Crippen LogP contribution in [-0.2, 0) is 4.79 Å². The first kappa shape index (κ1) is 13.4. The molecule has 1 unspecified atom stereocenters. The summed E-state index contributed by atoms with van der Waals surface area (Å²) in [5, 5.41) is 0. The molecule has 0 aromatic heterocycles. The predicted molar refractivity (Wildman–Crippen MR) is 85.5 cm³/mol. The number of allylic oxidation sites excluding steroid dienone is 2. The minimum absolute atomic E-state index is 0.0525. The van der Waals surface area contributed by atoms with E-state index in [1.54, 1.807) is 4.90 Å². The first-order valence-corrected chi connectivity index (χ1v) is 7.03. The van der Waals surface area contributed by atoms with Crippen molar-refractivity contribution in [1.29, 1.82) is 0 Å². The van der Waals surface area contributed by atoms with Crippen molar-refractivity contribution in [2.45, 2.75) is 13.0 Å². The van der Waals surface area contributed by atoms with Gasteiger partial charge in [0.05, 0.1) is 6.04 Å². The van der Waals surface area contributed by atoms with Gasteiger partial charge in [-0.15, -0.1) is 0 Å². The van der Waals surface area contributed by atoms with Crippen molar-refractivity contribution in [1.82, 2.24) is 4.90 Å². The Morgan fingerprint density at radius 1 is 1.05 bits per heavy atom. The average Bonchev–Trinajstić information content (AvgIpc) is 2.55. The van der Waals surface area contributed by atoms with E-state index in [9.17, 15) is 4.79 Å². The largest absolute Gasteiger partial charge is 0.311 e. The van der Waals surface area contributed by atoms with Gasteiger partial charge in [0.1, 0.15) is 0 Å². The van der Waals surface area contributed by atoms with Crippen molar-refractivity contribution in [3.63, 3.8) is 0 Å². The van der Waals surface area contributed by atoms with E-state index in [0.29, 0.717) is 0 Å². The normalized spacial score (nSPS) is 17.0. The molecule has 0 saturated heterocycles. The smallest absolute Gasteiger partial charge is 0.214 e. The third-order valence-electron chi connectivity index (χ3n) is 3.72. The highest BCUT2D eigenvalue weighted by atomic mass is 16.1. The summed E-state index contributed by atoms with van der Waals surface area (Å²) in [4.78, 5) is 13.0. The van der Waals surface area contributed by atoms with Gasteiger partial charge in [-0.1, -0.05) is 66.2 Å². The van der Waals surface area contributed by atoms with E-state index in [1.165, 1.54) is 16.7 Å². The molecule has 0 fully saturated rings. The van der Waals surface area contributed by atoms with Gasteiger partial charge in [0, 0.05) is 6.20 Å². The Labute approximate surface area is 125 Å². The van der Waals surface area contributed by atoms with E-state index >= 15 is 0 Å². The summed E-state index contributed by atoms with van der Waals surface area (Å²) in [5.74, 6) is 0. The third kappa shape index (κ3) is 2.65. The number of rotatable bonds is 3. The van der Waals surface area contributed by atoms with Crippen LogP contribution in [-0.4, -0.2) is 11.3 Å². The molecule has 2 aromatic carbocycles. The van der Waals surface area contributed by atoms with Crippen LogP contribution < -0.4 is 0 Å². The second kappa shape index (κ2) is 5.80. The van der Waals surface area contributed by atoms with Crippen LogP contribution in [0, 0.1) is 6.92 Å². The van der Waals surface area contributed by atoms with Crippen molar-refractivity contribution in [3.05, 3.63) is 84.1 Å². The van der Waals surface area contributed by atoms with E-state index in [0.717, 1.165) is 12.0 Å². The number of amides is 1. The Kier molecular flexibility index (Phi) is 3.69. The Hall–Kier alpha value is -2.61. The quantitative estimate of drug-likeness (QED) is 0.767. The fourth-order valence-corrected chi connectivity index (χ4v) is 2.67. The second-order valence-corrected chi connectivity index (χ2v) is 5.18. The van der Waals surface area contributed by atoms with Gasteiger partial charge in [0.25, 0.3) is 0 Å². The molecule has 1 aliphatic rings. The summed E-state index contributed by atoms with van der Waals surface area (Å²) < 4.78 is 0. The number of aryl methyl sites for hydroxylation is 1. The molecule has 21 heavy (non-hydrogen) atoms. The second-order valence-electron chi connectivity index (χ2n) is 5.18. The Morgan fingerprint density at radius 3 is 2.62 bits per heavy atom. The van der Waals surface area contributed by atoms with Crippen LogP contribution in [0.2, 0.25) is 0 Å². The highest BCUT2D eigenvalue weighted by Crippen LogP contribution is 2.33. The van der Waals surface area contributed by atoms with Crippen molar-refractivity contribution in [2.75, 3.05) is 0 Å². The molecule has 1 heterocycles. The van der Waals surface area contributed by atoms with Gasteiger partial charge in [0.2, 0.25) is 6.41 Å². The van der Waals surface area contributed by atoms with E-state index in [2.05, 4.69) is 37.3 Å². The molecule has 3 rings (SSSR count). The number of benzene rings is 2. The molecule has 2 heteroatoms. The minimum Gasteiger partial charge on any atom is -0.311 e. The number of nitrogens with zero attached hydrogens (tertiary/aromatic N) is 1. The van der Waals surface area contributed by atoms with Crippen LogP contribution in [0.4, 0.5) is 0 Å². The molecule has 0 spiro atoms. The van der Waals surface area contributed by atoms with E-state index < -0.39 is 0 Å². The van der Waals surface area contributed by atoms with Gasteiger partial charge in [-0.25, -0.2) is 0 Å². The van der Waals surface area contributed by atoms with Crippen molar-refractivity contribution >= 4 is 6.41 Å². The monoisotopic (exact) mass is 275 g/mol. The Bertz CT molecular complexity index is 701. The zero-order valence-electron chi connectivity index (χ0n) is 11.9. The third-order valence-corrected chi connectivity index (χ3v) is 3.72. The van der Waals surface area contributed by atoms with Crippen molar-refractivity contribution < 1.29 is 4.79 Å². The lowest BCUT2D eigenvalue weighted by Gasteiger charge is -2.27. The maximum absolute atomic E-state index is 11.3. The van der Waals surface area contributed by atoms with E-state index in [4.69, 9.17) is 0 Å². The van der Waals surface area contributed by atoms with Crippen LogP contribution in [0.5, 0.6) is 0 Å². The number of hydrogen-bond acceptors (Lipinski definition) is 1. The van der Waals surface area contributed by atoms with Crippen LogP contribution in [0.1, 0.15) is 17.2 Å². The van der Waals surface area contributed by atoms with Crippen LogP contribution >= 0.6 is 0 Å². The maximum Gasteiger partial charge on any atom is 0.214 e. The topological polar surface area (TPSA) is 20.3 Å². The molecule has 1 aliphatic heterocycles. The summed E-state index contributed by atoms with van der Waals surface area (Å²) in [6.07, 6.45) is 8.59. The molecule has 0 aliphatic carbocycles. The summed E-state index contributed by atoms with van der Waals surface area (Å²) >= 11 is 0. The van der Waals surface area contributed by atoms with Crippen molar-refractivity contribution in [3.8, 4) is 11.1 Å². The SMILES string of the molecule is Cc1ccc(C2C=CC=CN2C=O)c(-c2ccccc2)c1. The fourth-order valence-electron chi connectivity index (χ4n) is 2.67. The van der Waals surface area contributed by atoms with Gasteiger partial charge in [-0.05, 0) is 29.7 Å². The van der Waals surface area contributed by atoms with Gasteiger partial charge in [-0.2, -0.15) is 0 Å². The van der Waals surface area contributed by atoms with Crippen LogP contribution in [0.15, 0.2) is 73.0 Å². The molecular weight excluding hydrogens is 258 g/mol. The molecule has 1 atom stereocenters. The number of hydrogen-bond donors (Lipinski definition) is 0. The molecular formula is C19H17NO. The molecule has 0 saturated carbocycles. The van der Waals surface area contributed by atoms with Gasteiger partial charge in [0.15, 0.2) is 0 Å². The van der Waals surface area contributed by atoms with Gasteiger partial charge >= 0.3 is 0 Å². The summed E-state index contributed by atoms with van der Waals surface area (Å²) in [5.41, 5.74) is 4.70. The van der Waals surface area contributed by atoms with E-state index in [1.807, 2.05) is 42.6 Å². The average molecular weight is 275 g/mol. The lowest BCUT2D eigenvalue weighted by atomic mass is 9.92. The molecule has 2 aromatic rings. The molecule has 0 N–H and O–H groups in total. The maximum atomic E-state index is 11.3. The first-order chi connectivity index (χ1) is 10.3. The highest BCUT2D eigenvalue weighted by molar-refractivity contribution is 5.70. The van der Waals surface area contributed by atoms with E-state index in [-0.39, 0.29) is 6.04 Å². The lowest BCUT2D eigenvalue weighted by Crippen LogP contribution is -2.22. The highest BCUT2D eigenvalue weighted by Gasteiger charge is 2.19. The molecule has 0 bridgehead atoms. The standard InChI is InChI=1S/C19H17NO/c1-15-10-11-17(19-9-5-6-12-20(19)14-21)18(13-15)16-7-3-2-4-8-16/h2-14,19H,1H3. The Morgan fingerprint density at radius 2 is 1.86 bits per heavy atom. The summed E-state index contributed by atoms with van der Waals surface area (Å²) in [6.45, 7) is 2.09. The number of carbonyl (C=O) groups is 1. The molecule has 1 amide bonds. The zero-order valence-corrected chi connectivity index (χ0v) is 11.9. The molecule has 104 valence electrons. The number of carbonyl (C=O) groups excluding carboxylic acids is 1. The predicted octanol–water partition coefficient (Wildman–Crippen LogP) is 4.25. The van der Waals surface area contributed by atoms with Crippen LogP contribution in [0.3, 0.4) is 0 Å². The zero-order chi connectivity index (χ0) is 14.7. The summed E-state index contributed by atoms with van der Waals surface area (Å²) in [7, 11) is 0. The minimum atomic E-state index is -0.0525. The lowest BCUT2D eigenvalue weighted by molar-refractivity contribution is -0.117. The van der Waals surface area contributed by atoms with Gasteiger partial charge in [-0.3, -0.25) is 4.79 Å². The first-order valence-electron chi connectivity index (χ1n) is 7.03. The fraction of sp³-hybridized carbons (Fsp3) is 0.105.